The molecule has 1 fully saturated rings. The van der Waals surface area contributed by atoms with Gasteiger partial charge in [-0.3, -0.25) is 4.79 Å². The van der Waals surface area contributed by atoms with Crippen LogP contribution in [0.5, 0.6) is 0 Å². The fourth-order valence-corrected chi connectivity index (χ4v) is 4.45. The SMILES string of the molecule is CCCCC1CCC(C(=O)Nc2sc(C)c(C)c2C(=O)O)CC1. The van der Waals surface area contributed by atoms with Crippen molar-refractivity contribution in [3.63, 3.8) is 0 Å². The molecule has 0 bridgehead atoms. The summed E-state index contributed by atoms with van der Waals surface area (Å²) in [5.74, 6) is -0.190. The lowest BCUT2D eigenvalue weighted by atomic mass is 9.79. The van der Waals surface area contributed by atoms with Crippen LogP contribution < -0.4 is 5.32 Å². The number of carbonyl (C=O) groups excluding carboxylic acids is 1. The molecule has 1 amide bonds. The summed E-state index contributed by atoms with van der Waals surface area (Å²) >= 11 is 1.36. The molecule has 4 nitrogen and oxygen atoms in total. The molecule has 5 heteroatoms. The quantitative estimate of drug-likeness (QED) is 0.768. The standard InChI is InChI=1S/C18H27NO3S/c1-4-5-6-13-7-9-14(10-8-13)16(20)19-17-15(18(21)22)11(2)12(3)23-17/h13-14H,4-10H2,1-3H3,(H,19,20)(H,21,22). The number of hydrogen-bond donors (Lipinski definition) is 2. The molecule has 0 aliphatic heterocycles. The second kappa shape index (κ2) is 7.95. The molecule has 1 aromatic heterocycles. The van der Waals surface area contributed by atoms with Crippen molar-refractivity contribution in [3.8, 4) is 0 Å². The highest BCUT2D eigenvalue weighted by atomic mass is 32.1. The van der Waals surface area contributed by atoms with Gasteiger partial charge in [-0.25, -0.2) is 4.79 Å². The van der Waals surface area contributed by atoms with E-state index in [-0.39, 0.29) is 17.4 Å². The Balaban J connectivity index is 1.96. The lowest BCUT2D eigenvalue weighted by Crippen LogP contribution is -2.27. The molecule has 0 atom stereocenters. The van der Waals surface area contributed by atoms with Crippen LogP contribution in [0.25, 0.3) is 0 Å². The number of unbranched alkanes of at least 4 members (excludes halogenated alkanes) is 1. The third-order valence-corrected chi connectivity index (χ3v) is 6.14. The minimum absolute atomic E-state index is 0.0114. The van der Waals surface area contributed by atoms with Crippen molar-refractivity contribution in [2.24, 2.45) is 11.8 Å². The molecule has 0 unspecified atom stereocenters. The molecule has 0 saturated heterocycles. The van der Waals surface area contributed by atoms with Crippen molar-refractivity contribution in [3.05, 3.63) is 16.0 Å². The van der Waals surface area contributed by atoms with E-state index in [1.165, 1.54) is 30.6 Å². The number of aryl methyl sites for hydroxylation is 1. The molecule has 1 aliphatic carbocycles. The van der Waals surface area contributed by atoms with Crippen LogP contribution in [0.15, 0.2) is 0 Å². The summed E-state index contributed by atoms with van der Waals surface area (Å²) in [5, 5.41) is 12.7. The molecule has 1 aliphatic rings. The van der Waals surface area contributed by atoms with Gasteiger partial charge in [-0.1, -0.05) is 26.2 Å². The summed E-state index contributed by atoms with van der Waals surface area (Å²) in [5.41, 5.74) is 0.999. The van der Waals surface area contributed by atoms with Gasteiger partial charge in [-0.05, 0) is 51.0 Å². The maximum Gasteiger partial charge on any atom is 0.338 e. The monoisotopic (exact) mass is 337 g/mol. The fourth-order valence-electron chi connectivity index (χ4n) is 3.39. The van der Waals surface area contributed by atoms with Gasteiger partial charge in [0.2, 0.25) is 5.91 Å². The Morgan fingerprint density at radius 3 is 2.43 bits per heavy atom. The highest BCUT2D eigenvalue weighted by molar-refractivity contribution is 7.16. The molecule has 2 N–H and O–H groups in total. The summed E-state index contributed by atoms with van der Waals surface area (Å²) in [6.45, 7) is 5.90. The lowest BCUT2D eigenvalue weighted by molar-refractivity contribution is -0.121. The van der Waals surface area contributed by atoms with Gasteiger partial charge in [0.05, 0.1) is 5.56 Å². The molecule has 1 heterocycles. The predicted octanol–water partition coefficient (Wildman–Crippen LogP) is 5.00. The number of thiophene rings is 1. The summed E-state index contributed by atoms with van der Waals surface area (Å²) in [6.07, 6.45) is 7.86. The van der Waals surface area contributed by atoms with E-state index in [1.54, 1.807) is 6.92 Å². The Morgan fingerprint density at radius 1 is 1.22 bits per heavy atom. The first-order chi connectivity index (χ1) is 10.9. The average Bonchev–Trinajstić information content (AvgIpc) is 2.80. The van der Waals surface area contributed by atoms with Crippen LogP contribution in [0, 0.1) is 25.7 Å². The molecular formula is C18H27NO3S. The first-order valence-corrected chi connectivity index (χ1v) is 9.39. The van der Waals surface area contributed by atoms with Crippen LogP contribution in [0.4, 0.5) is 5.00 Å². The van der Waals surface area contributed by atoms with E-state index in [9.17, 15) is 14.7 Å². The topological polar surface area (TPSA) is 66.4 Å². The number of carbonyl (C=O) groups is 2. The molecule has 0 radical (unpaired) electrons. The molecule has 0 spiro atoms. The maximum atomic E-state index is 12.5. The summed E-state index contributed by atoms with van der Waals surface area (Å²) < 4.78 is 0. The largest absolute Gasteiger partial charge is 0.478 e. The zero-order chi connectivity index (χ0) is 17.0. The molecular weight excluding hydrogens is 310 g/mol. The highest BCUT2D eigenvalue weighted by Gasteiger charge is 2.28. The smallest absolute Gasteiger partial charge is 0.338 e. The minimum atomic E-state index is -0.967. The lowest BCUT2D eigenvalue weighted by Gasteiger charge is -2.27. The zero-order valence-corrected chi connectivity index (χ0v) is 15.1. The summed E-state index contributed by atoms with van der Waals surface area (Å²) in [6, 6.07) is 0. The number of amides is 1. The molecule has 1 saturated carbocycles. The number of carboxylic acid groups (broad SMARTS) is 1. The van der Waals surface area contributed by atoms with E-state index in [0.29, 0.717) is 5.00 Å². The second-order valence-corrected chi connectivity index (χ2v) is 7.87. The third-order valence-electron chi connectivity index (χ3n) is 5.02. The van der Waals surface area contributed by atoms with Crippen LogP contribution in [0.1, 0.15) is 72.7 Å². The van der Waals surface area contributed by atoms with Gasteiger partial charge in [0.25, 0.3) is 0 Å². The van der Waals surface area contributed by atoms with Crippen LogP contribution in [0.3, 0.4) is 0 Å². The van der Waals surface area contributed by atoms with Gasteiger partial charge < -0.3 is 10.4 Å². The van der Waals surface area contributed by atoms with Gasteiger partial charge in [-0.2, -0.15) is 0 Å². The normalized spacial score (nSPS) is 21.2. The molecule has 128 valence electrons. The number of hydrogen-bond acceptors (Lipinski definition) is 3. The highest BCUT2D eigenvalue weighted by Crippen LogP contribution is 2.35. The Labute approximate surface area is 142 Å². The van der Waals surface area contributed by atoms with Crippen molar-refractivity contribution >= 4 is 28.2 Å². The van der Waals surface area contributed by atoms with E-state index in [1.807, 2.05) is 6.92 Å². The fraction of sp³-hybridized carbons (Fsp3) is 0.667. The van der Waals surface area contributed by atoms with E-state index >= 15 is 0 Å². The number of aromatic carboxylic acids is 1. The first-order valence-electron chi connectivity index (χ1n) is 8.58. The van der Waals surface area contributed by atoms with Gasteiger partial charge in [0.15, 0.2) is 0 Å². The number of anilines is 1. The molecule has 23 heavy (non-hydrogen) atoms. The Kier molecular flexibility index (Phi) is 6.22. The maximum absolute atomic E-state index is 12.5. The summed E-state index contributed by atoms with van der Waals surface area (Å²) in [4.78, 5) is 24.8. The van der Waals surface area contributed by atoms with Crippen molar-refractivity contribution < 1.29 is 14.7 Å². The zero-order valence-electron chi connectivity index (χ0n) is 14.3. The minimum Gasteiger partial charge on any atom is -0.478 e. The first kappa shape index (κ1) is 18.0. The predicted molar refractivity (Wildman–Crippen MR) is 94.4 cm³/mol. The van der Waals surface area contributed by atoms with Gasteiger partial charge in [0, 0.05) is 10.8 Å². The van der Waals surface area contributed by atoms with Gasteiger partial charge >= 0.3 is 5.97 Å². The van der Waals surface area contributed by atoms with Crippen molar-refractivity contribution in [1.82, 2.24) is 0 Å². The van der Waals surface area contributed by atoms with Gasteiger partial charge in [0.1, 0.15) is 5.00 Å². The van der Waals surface area contributed by atoms with Crippen molar-refractivity contribution in [2.75, 3.05) is 5.32 Å². The molecule has 0 aromatic carbocycles. The Bertz CT molecular complexity index is 571. The average molecular weight is 337 g/mol. The summed E-state index contributed by atoms with van der Waals surface area (Å²) in [7, 11) is 0. The number of nitrogens with one attached hydrogen (secondary N) is 1. The molecule has 2 rings (SSSR count). The second-order valence-electron chi connectivity index (χ2n) is 6.64. The Morgan fingerprint density at radius 2 is 1.87 bits per heavy atom. The van der Waals surface area contributed by atoms with Crippen LogP contribution in [-0.2, 0) is 4.79 Å². The number of carboxylic acids is 1. The number of rotatable bonds is 6. The van der Waals surface area contributed by atoms with Crippen LogP contribution in [-0.4, -0.2) is 17.0 Å². The van der Waals surface area contributed by atoms with E-state index in [2.05, 4.69) is 12.2 Å². The van der Waals surface area contributed by atoms with Crippen molar-refractivity contribution in [2.45, 2.75) is 65.7 Å². The molecule has 1 aromatic rings. The van der Waals surface area contributed by atoms with Crippen LogP contribution >= 0.6 is 11.3 Å². The van der Waals surface area contributed by atoms with Crippen LogP contribution in [0.2, 0.25) is 0 Å². The van der Waals surface area contributed by atoms with E-state index < -0.39 is 5.97 Å². The van der Waals surface area contributed by atoms with Gasteiger partial charge in [-0.15, -0.1) is 11.3 Å². The van der Waals surface area contributed by atoms with Crippen molar-refractivity contribution in [1.29, 1.82) is 0 Å². The van der Waals surface area contributed by atoms with E-state index in [0.717, 1.165) is 42.0 Å². The van der Waals surface area contributed by atoms with E-state index in [4.69, 9.17) is 0 Å². The third kappa shape index (κ3) is 4.34. The Hall–Kier alpha value is -1.36.